The first kappa shape index (κ1) is 17.8. The van der Waals surface area contributed by atoms with Gasteiger partial charge in [-0.3, -0.25) is 9.79 Å². The number of hydrogen-bond acceptors (Lipinski definition) is 5. The smallest absolute Gasteiger partial charge is 0.264 e. The highest BCUT2D eigenvalue weighted by molar-refractivity contribution is 7.22. The summed E-state index contributed by atoms with van der Waals surface area (Å²) in [5, 5.41) is 7.11. The molecule has 2 aromatic carbocycles. The number of halogens is 1. The van der Waals surface area contributed by atoms with E-state index >= 15 is 0 Å². The minimum absolute atomic E-state index is 0.119. The quantitative estimate of drug-likeness (QED) is 0.586. The van der Waals surface area contributed by atoms with Crippen molar-refractivity contribution in [3.05, 3.63) is 59.1 Å². The van der Waals surface area contributed by atoms with E-state index in [-0.39, 0.29) is 5.91 Å². The molecule has 1 amide bonds. The summed E-state index contributed by atoms with van der Waals surface area (Å²) in [6.07, 6.45) is 0. The van der Waals surface area contributed by atoms with Crippen LogP contribution < -0.4 is 5.01 Å². The van der Waals surface area contributed by atoms with E-state index in [9.17, 15) is 4.79 Å². The van der Waals surface area contributed by atoms with E-state index in [1.165, 1.54) is 16.3 Å². The van der Waals surface area contributed by atoms with Gasteiger partial charge in [0.05, 0.1) is 22.5 Å². The number of aliphatic imine (C=N–C) groups is 1. The molecular weight excluding hydrogens is 380 g/mol. The predicted molar refractivity (Wildman–Crippen MR) is 112 cm³/mol. The number of rotatable bonds is 4. The number of aromatic nitrogens is 1. The molecule has 0 bridgehead atoms. The molecule has 0 N–H and O–H groups in total. The molecule has 136 valence electrons. The highest BCUT2D eigenvalue weighted by atomic mass is 35.5. The van der Waals surface area contributed by atoms with E-state index in [0.29, 0.717) is 16.7 Å². The van der Waals surface area contributed by atoms with Crippen molar-refractivity contribution in [3.8, 4) is 0 Å². The number of fused-ring (bicyclic) bond motifs is 1. The van der Waals surface area contributed by atoms with Gasteiger partial charge < -0.3 is 0 Å². The number of carbonyl (C=O) groups excluding carboxylic acids is 1. The van der Waals surface area contributed by atoms with Crippen molar-refractivity contribution in [3.63, 3.8) is 0 Å². The predicted octanol–water partition coefficient (Wildman–Crippen LogP) is 4.95. The molecule has 0 saturated carbocycles. The van der Waals surface area contributed by atoms with Gasteiger partial charge in [0.15, 0.2) is 0 Å². The normalized spacial score (nSPS) is 17.7. The minimum Gasteiger partial charge on any atom is -0.288 e. The third-order valence-electron chi connectivity index (χ3n) is 4.47. The summed E-state index contributed by atoms with van der Waals surface area (Å²) in [7, 11) is 0. The maximum atomic E-state index is 13.0. The largest absolute Gasteiger partial charge is 0.288 e. The highest BCUT2D eigenvalue weighted by Crippen LogP contribution is 2.32. The van der Waals surface area contributed by atoms with Crippen molar-refractivity contribution >= 4 is 55.6 Å². The Hall–Kier alpha value is -2.57. The number of para-hydroxylation sites is 1. The molecule has 0 aliphatic carbocycles. The van der Waals surface area contributed by atoms with Crippen LogP contribution in [0.4, 0.5) is 5.13 Å². The second-order valence-corrected chi connectivity index (χ2v) is 7.75. The topological polar surface area (TPSA) is 57.9 Å². The zero-order valence-corrected chi connectivity index (χ0v) is 16.5. The van der Waals surface area contributed by atoms with Crippen molar-refractivity contribution in [2.24, 2.45) is 16.0 Å². The van der Waals surface area contributed by atoms with Gasteiger partial charge in [0, 0.05) is 10.7 Å². The molecule has 1 atom stereocenters. The van der Waals surface area contributed by atoms with Gasteiger partial charge in [0.25, 0.3) is 5.91 Å². The first-order valence-corrected chi connectivity index (χ1v) is 9.73. The lowest BCUT2D eigenvalue weighted by atomic mass is 9.99. The van der Waals surface area contributed by atoms with Gasteiger partial charge in [0.1, 0.15) is 5.92 Å². The molecule has 1 aliphatic rings. The Bertz CT molecular complexity index is 1060. The molecule has 1 aromatic heterocycles. The number of carbonyl (C=O) groups is 1. The summed E-state index contributed by atoms with van der Waals surface area (Å²) in [5.74, 6) is -0.577. The van der Waals surface area contributed by atoms with E-state index in [4.69, 9.17) is 11.6 Å². The van der Waals surface area contributed by atoms with Gasteiger partial charge in [-0.1, -0.05) is 53.3 Å². The Morgan fingerprint density at radius 3 is 2.74 bits per heavy atom. The lowest BCUT2D eigenvalue weighted by molar-refractivity contribution is -0.118. The number of nitrogens with zero attached hydrogens (tertiary/aromatic N) is 4. The standard InChI is InChI=1S/C20H17ClN4OS/c1-12(22-11-14-7-3-4-8-15(14)21)18-13(2)24-25(19(18)26)20-23-16-9-5-6-10-17(16)27-20/h3-10,18H,11H2,1-2H3/t18-/m1/s1. The zero-order valence-electron chi connectivity index (χ0n) is 14.9. The Kier molecular flexibility index (Phi) is 4.76. The van der Waals surface area contributed by atoms with Crippen LogP contribution in [0, 0.1) is 5.92 Å². The van der Waals surface area contributed by atoms with Crippen molar-refractivity contribution in [2.75, 3.05) is 5.01 Å². The minimum atomic E-state index is -0.459. The van der Waals surface area contributed by atoms with Gasteiger partial charge >= 0.3 is 0 Å². The summed E-state index contributed by atoms with van der Waals surface area (Å²) in [5.41, 5.74) is 3.25. The molecule has 3 aromatic rings. The van der Waals surface area contributed by atoms with Crippen LogP contribution in [0.15, 0.2) is 58.6 Å². The second kappa shape index (κ2) is 7.21. The zero-order chi connectivity index (χ0) is 19.0. The van der Waals surface area contributed by atoms with Gasteiger partial charge in [-0.25, -0.2) is 4.98 Å². The summed E-state index contributed by atoms with van der Waals surface area (Å²) < 4.78 is 1.03. The number of benzene rings is 2. The van der Waals surface area contributed by atoms with Crippen molar-refractivity contribution in [1.29, 1.82) is 0 Å². The van der Waals surface area contributed by atoms with Crippen molar-refractivity contribution < 1.29 is 4.79 Å². The van der Waals surface area contributed by atoms with E-state index in [2.05, 4.69) is 15.1 Å². The summed E-state index contributed by atoms with van der Waals surface area (Å²) >= 11 is 7.65. The van der Waals surface area contributed by atoms with Gasteiger partial charge in [0.2, 0.25) is 5.13 Å². The molecule has 5 nitrogen and oxygen atoms in total. The van der Waals surface area contributed by atoms with Gasteiger partial charge in [-0.05, 0) is 37.6 Å². The Balaban J connectivity index is 1.58. The Labute approximate surface area is 166 Å². The number of amides is 1. The summed E-state index contributed by atoms with van der Waals surface area (Å²) in [6.45, 7) is 4.15. The molecule has 0 saturated heterocycles. The van der Waals surface area contributed by atoms with Gasteiger partial charge in [-0.15, -0.1) is 0 Å². The fourth-order valence-corrected chi connectivity index (χ4v) is 4.18. The molecule has 0 unspecified atom stereocenters. The average molecular weight is 397 g/mol. The Morgan fingerprint density at radius 1 is 1.22 bits per heavy atom. The fraction of sp³-hybridized carbons (Fsp3) is 0.200. The molecule has 0 fully saturated rings. The molecule has 2 heterocycles. The van der Waals surface area contributed by atoms with E-state index in [1.54, 1.807) is 0 Å². The third kappa shape index (κ3) is 3.38. The number of hydrazone groups is 1. The molecule has 0 spiro atoms. The van der Waals surface area contributed by atoms with Crippen LogP contribution in [-0.4, -0.2) is 22.3 Å². The van der Waals surface area contributed by atoms with Gasteiger partial charge in [-0.2, -0.15) is 10.1 Å². The third-order valence-corrected chi connectivity index (χ3v) is 5.85. The van der Waals surface area contributed by atoms with Crippen LogP contribution in [0.5, 0.6) is 0 Å². The second-order valence-electron chi connectivity index (χ2n) is 6.34. The number of thiazole rings is 1. The maximum absolute atomic E-state index is 13.0. The SMILES string of the molecule is CC(=NCc1ccccc1Cl)[C@H]1C(=O)N(c2nc3ccccc3s2)N=C1C. The lowest BCUT2D eigenvalue weighted by Crippen LogP contribution is -2.31. The molecule has 4 rings (SSSR count). The lowest BCUT2D eigenvalue weighted by Gasteiger charge is -2.11. The van der Waals surface area contributed by atoms with Crippen LogP contribution >= 0.6 is 22.9 Å². The van der Waals surface area contributed by atoms with E-state index in [1.807, 2.05) is 62.4 Å². The van der Waals surface area contributed by atoms with Crippen LogP contribution in [0.25, 0.3) is 10.2 Å². The average Bonchev–Trinajstić information content (AvgIpc) is 3.21. The number of anilines is 1. The summed E-state index contributed by atoms with van der Waals surface area (Å²) in [6, 6.07) is 15.4. The van der Waals surface area contributed by atoms with Crippen molar-refractivity contribution in [2.45, 2.75) is 20.4 Å². The fourth-order valence-electron chi connectivity index (χ4n) is 3.06. The Morgan fingerprint density at radius 2 is 1.96 bits per heavy atom. The van der Waals surface area contributed by atoms with Crippen LogP contribution in [0.2, 0.25) is 5.02 Å². The molecular formula is C20H17ClN4OS. The first-order valence-electron chi connectivity index (χ1n) is 8.53. The summed E-state index contributed by atoms with van der Waals surface area (Å²) in [4.78, 5) is 22.1. The van der Waals surface area contributed by atoms with Crippen molar-refractivity contribution in [1.82, 2.24) is 4.98 Å². The molecule has 1 aliphatic heterocycles. The van der Waals surface area contributed by atoms with Crippen LogP contribution in [0.1, 0.15) is 19.4 Å². The molecule has 27 heavy (non-hydrogen) atoms. The first-order chi connectivity index (χ1) is 13.0. The highest BCUT2D eigenvalue weighted by Gasteiger charge is 2.37. The maximum Gasteiger partial charge on any atom is 0.264 e. The molecule has 7 heteroatoms. The van der Waals surface area contributed by atoms with Crippen LogP contribution in [-0.2, 0) is 11.3 Å². The number of hydrogen-bond donors (Lipinski definition) is 0. The monoisotopic (exact) mass is 396 g/mol. The van der Waals surface area contributed by atoms with E-state index in [0.717, 1.165) is 27.2 Å². The molecule has 0 radical (unpaired) electrons. The van der Waals surface area contributed by atoms with Crippen LogP contribution in [0.3, 0.4) is 0 Å². The van der Waals surface area contributed by atoms with E-state index < -0.39 is 5.92 Å².